The molecule has 2 heterocycles. The molecule has 0 radical (unpaired) electrons. The molecule has 1 fully saturated rings. The zero-order chi connectivity index (χ0) is 18.4. The van der Waals surface area contributed by atoms with E-state index in [0.717, 1.165) is 57.1 Å². The van der Waals surface area contributed by atoms with Crippen molar-refractivity contribution in [2.24, 2.45) is 11.8 Å². The molecule has 0 bridgehead atoms. The van der Waals surface area contributed by atoms with Gasteiger partial charge in [-0.05, 0) is 70.5 Å². The van der Waals surface area contributed by atoms with E-state index in [4.69, 9.17) is 0 Å². The maximum Gasteiger partial charge on any atom is 0.222 e. The van der Waals surface area contributed by atoms with E-state index in [2.05, 4.69) is 47.7 Å². The van der Waals surface area contributed by atoms with Gasteiger partial charge in [0.15, 0.2) is 0 Å². The smallest absolute Gasteiger partial charge is 0.222 e. The summed E-state index contributed by atoms with van der Waals surface area (Å²) < 4.78 is 2.10. The monoisotopic (exact) mass is 348 g/mol. The summed E-state index contributed by atoms with van der Waals surface area (Å²) in [6.07, 6.45) is 4.95. The lowest BCUT2D eigenvalue weighted by molar-refractivity contribution is -0.132. The molecule has 1 saturated heterocycles. The van der Waals surface area contributed by atoms with Crippen molar-refractivity contribution in [3.05, 3.63) is 17.0 Å². The first-order valence-corrected chi connectivity index (χ1v) is 9.87. The fraction of sp³-hybridized carbons (Fsp3) is 0.800. The molecule has 0 aliphatic carbocycles. The Kier molecular flexibility index (Phi) is 7.48. The average molecular weight is 349 g/mol. The van der Waals surface area contributed by atoms with Gasteiger partial charge in [-0.15, -0.1) is 0 Å². The van der Waals surface area contributed by atoms with Crippen LogP contribution in [0.25, 0.3) is 0 Å². The molecule has 0 unspecified atom stereocenters. The number of hydrogen-bond acceptors (Lipinski definition) is 3. The van der Waals surface area contributed by atoms with Gasteiger partial charge >= 0.3 is 0 Å². The molecule has 1 aliphatic heterocycles. The number of aryl methyl sites for hydroxylation is 1. The predicted molar refractivity (Wildman–Crippen MR) is 103 cm³/mol. The molecular formula is C20H36N4O. The van der Waals surface area contributed by atoms with Crippen LogP contribution in [0.5, 0.6) is 0 Å². The van der Waals surface area contributed by atoms with E-state index in [1.54, 1.807) is 0 Å². The standard InChI is InChI=1S/C20H36N4O/c1-15(2)14-24-17(4)19(16(3)22-24)6-7-20(25)23-12-9-18(10-13-23)8-11-21-5/h15,18,21H,6-14H2,1-5H3. The molecule has 5 heteroatoms. The van der Waals surface area contributed by atoms with Gasteiger partial charge in [-0.2, -0.15) is 5.10 Å². The molecule has 0 atom stereocenters. The van der Waals surface area contributed by atoms with Crippen LogP contribution in [0.1, 0.15) is 56.5 Å². The second-order valence-electron chi connectivity index (χ2n) is 7.94. The molecule has 142 valence electrons. The summed E-state index contributed by atoms with van der Waals surface area (Å²) in [5.41, 5.74) is 3.57. The second kappa shape index (κ2) is 9.37. The van der Waals surface area contributed by atoms with Gasteiger partial charge in [0, 0.05) is 31.7 Å². The van der Waals surface area contributed by atoms with E-state index in [-0.39, 0.29) is 0 Å². The first-order valence-electron chi connectivity index (χ1n) is 9.87. The number of likely N-dealkylation sites (tertiary alicyclic amines) is 1. The Bertz CT molecular complexity index is 556. The lowest BCUT2D eigenvalue weighted by Crippen LogP contribution is -2.39. The van der Waals surface area contributed by atoms with Gasteiger partial charge in [0.25, 0.3) is 0 Å². The molecule has 1 aromatic rings. The van der Waals surface area contributed by atoms with Gasteiger partial charge < -0.3 is 10.2 Å². The Morgan fingerprint density at radius 2 is 1.96 bits per heavy atom. The van der Waals surface area contributed by atoms with Crippen molar-refractivity contribution < 1.29 is 4.79 Å². The third-order valence-electron chi connectivity index (χ3n) is 5.43. The molecular weight excluding hydrogens is 312 g/mol. The van der Waals surface area contributed by atoms with Gasteiger partial charge in [-0.25, -0.2) is 0 Å². The highest BCUT2D eigenvalue weighted by atomic mass is 16.2. The molecule has 5 nitrogen and oxygen atoms in total. The number of hydrogen-bond donors (Lipinski definition) is 1. The second-order valence-corrected chi connectivity index (χ2v) is 7.94. The maximum atomic E-state index is 12.6. The molecule has 1 aliphatic rings. The van der Waals surface area contributed by atoms with Gasteiger partial charge in [0.05, 0.1) is 5.69 Å². The van der Waals surface area contributed by atoms with Gasteiger partial charge in [0.1, 0.15) is 0 Å². The average Bonchev–Trinajstić information content (AvgIpc) is 2.84. The zero-order valence-corrected chi connectivity index (χ0v) is 16.8. The Balaban J connectivity index is 1.84. The summed E-state index contributed by atoms with van der Waals surface area (Å²) in [5.74, 6) is 1.66. The first kappa shape index (κ1) is 20.0. The topological polar surface area (TPSA) is 50.2 Å². The van der Waals surface area contributed by atoms with Crippen LogP contribution in [0.15, 0.2) is 0 Å². The molecule has 0 saturated carbocycles. The quantitative estimate of drug-likeness (QED) is 0.786. The predicted octanol–water partition coefficient (Wildman–Crippen LogP) is 2.94. The molecule has 0 aromatic carbocycles. The van der Waals surface area contributed by atoms with Gasteiger partial charge in [-0.3, -0.25) is 9.48 Å². The van der Waals surface area contributed by atoms with Crippen LogP contribution in [0, 0.1) is 25.7 Å². The van der Waals surface area contributed by atoms with E-state index in [1.165, 1.54) is 17.7 Å². The Morgan fingerprint density at radius 3 is 2.56 bits per heavy atom. The normalized spacial score (nSPS) is 16.0. The summed E-state index contributed by atoms with van der Waals surface area (Å²) in [6.45, 7) is 12.5. The third kappa shape index (κ3) is 5.56. The number of rotatable bonds is 8. The zero-order valence-electron chi connectivity index (χ0n) is 16.8. The third-order valence-corrected chi connectivity index (χ3v) is 5.43. The fourth-order valence-corrected chi connectivity index (χ4v) is 3.83. The highest BCUT2D eigenvalue weighted by Crippen LogP contribution is 2.22. The number of carbonyl (C=O) groups excluding carboxylic acids is 1. The van der Waals surface area contributed by atoms with Crippen molar-refractivity contribution in [1.29, 1.82) is 0 Å². The van der Waals surface area contributed by atoms with Crippen LogP contribution in [0.2, 0.25) is 0 Å². The lowest BCUT2D eigenvalue weighted by Gasteiger charge is -2.32. The number of piperidine rings is 1. The molecule has 2 rings (SSSR count). The number of nitrogens with one attached hydrogen (secondary N) is 1. The van der Waals surface area contributed by atoms with Crippen molar-refractivity contribution >= 4 is 5.91 Å². The van der Waals surface area contributed by atoms with E-state index in [0.29, 0.717) is 18.2 Å². The number of nitrogens with zero attached hydrogens (tertiary/aromatic N) is 3. The summed E-state index contributed by atoms with van der Waals surface area (Å²) in [6, 6.07) is 0. The van der Waals surface area contributed by atoms with E-state index < -0.39 is 0 Å². The highest BCUT2D eigenvalue weighted by molar-refractivity contribution is 5.76. The van der Waals surface area contributed by atoms with Crippen LogP contribution in [0.4, 0.5) is 0 Å². The van der Waals surface area contributed by atoms with E-state index in [1.807, 2.05) is 7.05 Å². The van der Waals surface area contributed by atoms with Crippen LogP contribution >= 0.6 is 0 Å². The van der Waals surface area contributed by atoms with Crippen molar-refractivity contribution in [1.82, 2.24) is 20.0 Å². The van der Waals surface area contributed by atoms with E-state index >= 15 is 0 Å². The maximum absolute atomic E-state index is 12.6. The van der Waals surface area contributed by atoms with Crippen molar-refractivity contribution in [3.8, 4) is 0 Å². The summed E-state index contributed by atoms with van der Waals surface area (Å²) in [7, 11) is 2.01. The molecule has 0 spiro atoms. The molecule has 1 amide bonds. The fourth-order valence-electron chi connectivity index (χ4n) is 3.83. The summed E-state index contributed by atoms with van der Waals surface area (Å²) in [5, 5.41) is 7.89. The van der Waals surface area contributed by atoms with Crippen LogP contribution in [-0.2, 0) is 17.8 Å². The summed E-state index contributed by atoms with van der Waals surface area (Å²) >= 11 is 0. The Morgan fingerprint density at radius 1 is 1.28 bits per heavy atom. The number of amides is 1. The minimum absolute atomic E-state index is 0.308. The van der Waals surface area contributed by atoms with Crippen molar-refractivity contribution in [3.63, 3.8) is 0 Å². The molecule has 1 N–H and O–H groups in total. The van der Waals surface area contributed by atoms with Gasteiger partial charge in [-0.1, -0.05) is 13.8 Å². The molecule has 25 heavy (non-hydrogen) atoms. The van der Waals surface area contributed by atoms with Crippen molar-refractivity contribution in [2.45, 2.75) is 66.3 Å². The minimum atomic E-state index is 0.308. The Labute approximate surface area is 153 Å². The first-order chi connectivity index (χ1) is 11.9. The minimum Gasteiger partial charge on any atom is -0.343 e. The number of carbonyl (C=O) groups is 1. The molecule has 1 aromatic heterocycles. The van der Waals surface area contributed by atoms with Crippen LogP contribution < -0.4 is 5.32 Å². The van der Waals surface area contributed by atoms with Gasteiger partial charge in [0.2, 0.25) is 5.91 Å². The number of aromatic nitrogens is 2. The van der Waals surface area contributed by atoms with Crippen molar-refractivity contribution in [2.75, 3.05) is 26.7 Å². The van der Waals surface area contributed by atoms with Crippen LogP contribution in [-0.4, -0.2) is 47.3 Å². The van der Waals surface area contributed by atoms with E-state index in [9.17, 15) is 4.79 Å². The SMILES string of the molecule is CNCCC1CCN(C(=O)CCc2c(C)nn(CC(C)C)c2C)CC1. The lowest BCUT2D eigenvalue weighted by atomic mass is 9.93. The largest absolute Gasteiger partial charge is 0.343 e. The highest BCUT2D eigenvalue weighted by Gasteiger charge is 2.23. The Hall–Kier alpha value is -1.36. The summed E-state index contributed by atoms with van der Waals surface area (Å²) in [4.78, 5) is 14.7. The van der Waals surface area contributed by atoms with Crippen LogP contribution in [0.3, 0.4) is 0 Å².